The number of aromatic nitrogens is 1. The van der Waals surface area contributed by atoms with Crippen LogP contribution in [0, 0.1) is 0 Å². The first-order valence-electron chi connectivity index (χ1n) is 9.07. The van der Waals surface area contributed by atoms with Crippen molar-refractivity contribution < 1.29 is 9.59 Å². The van der Waals surface area contributed by atoms with E-state index in [9.17, 15) is 9.59 Å². The molecule has 0 saturated carbocycles. The fourth-order valence-electron chi connectivity index (χ4n) is 3.37. The van der Waals surface area contributed by atoms with Gasteiger partial charge in [-0.1, -0.05) is 30.3 Å². The summed E-state index contributed by atoms with van der Waals surface area (Å²) in [6, 6.07) is 11.1. The van der Waals surface area contributed by atoms with Gasteiger partial charge in [-0.2, -0.15) is 0 Å². The maximum atomic E-state index is 13.0. The molecule has 1 N–H and O–H groups in total. The van der Waals surface area contributed by atoms with Crippen LogP contribution in [0.3, 0.4) is 0 Å². The highest BCUT2D eigenvalue weighted by atomic mass is 79.9. The normalized spacial score (nSPS) is 15.1. The van der Waals surface area contributed by atoms with E-state index in [-0.39, 0.29) is 11.8 Å². The Bertz CT molecular complexity index is 767. The van der Waals surface area contributed by atoms with Crippen molar-refractivity contribution in [3.63, 3.8) is 0 Å². The van der Waals surface area contributed by atoms with E-state index in [4.69, 9.17) is 0 Å². The number of nitrogens with one attached hydrogen (secondary N) is 1. The quantitative estimate of drug-likeness (QED) is 0.783. The molecule has 1 fully saturated rings. The molecule has 1 unspecified atom stereocenters. The van der Waals surface area contributed by atoms with Gasteiger partial charge < -0.3 is 14.8 Å². The minimum absolute atomic E-state index is 0.00775. The summed E-state index contributed by atoms with van der Waals surface area (Å²) in [5, 5.41) is 2.97. The van der Waals surface area contributed by atoms with Gasteiger partial charge in [0.15, 0.2) is 0 Å². The standard InChI is InChI=1S/C20H24BrN3O2/c1-2-23-14-16(21)13-18(23)19(25)22-17(12-15-8-4-3-5-9-15)20(26)24-10-6-7-11-24/h3-5,8-9,13-14,17H,2,6-7,10-12H2,1H3,(H,22,25). The second kappa shape index (κ2) is 8.54. The van der Waals surface area contributed by atoms with Gasteiger partial charge in [-0.25, -0.2) is 0 Å². The Labute approximate surface area is 162 Å². The molecular formula is C20H24BrN3O2. The Kier molecular flexibility index (Phi) is 6.14. The van der Waals surface area contributed by atoms with Crippen LogP contribution < -0.4 is 5.32 Å². The number of aryl methyl sites for hydroxylation is 1. The molecule has 1 aliphatic heterocycles. The lowest BCUT2D eigenvalue weighted by molar-refractivity contribution is -0.132. The van der Waals surface area contributed by atoms with E-state index in [0.717, 1.165) is 36.0 Å². The maximum Gasteiger partial charge on any atom is 0.268 e. The molecular weight excluding hydrogens is 394 g/mol. The Morgan fingerprint density at radius 3 is 2.54 bits per heavy atom. The molecule has 2 aromatic rings. The lowest BCUT2D eigenvalue weighted by Gasteiger charge is -2.24. The molecule has 0 aliphatic carbocycles. The lowest BCUT2D eigenvalue weighted by Crippen LogP contribution is -2.49. The van der Waals surface area contributed by atoms with Crippen LogP contribution in [0.15, 0.2) is 47.1 Å². The van der Waals surface area contributed by atoms with Crippen molar-refractivity contribution in [3.05, 3.63) is 58.3 Å². The molecule has 26 heavy (non-hydrogen) atoms. The van der Waals surface area contributed by atoms with E-state index in [0.29, 0.717) is 18.7 Å². The maximum absolute atomic E-state index is 13.0. The minimum Gasteiger partial charge on any atom is -0.343 e. The number of carbonyl (C=O) groups is 2. The molecule has 1 saturated heterocycles. The van der Waals surface area contributed by atoms with Crippen molar-refractivity contribution in [2.75, 3.05) is 13.1 Å². The predicted octanol–water partition coefficient (Wildman–Crippen LogP) is 3.23. The van der Waals surface area contributed by atoms with E-state index in [1.165, 1.54) is 0 Å². The molecule has 6 heteroatoms. The van der Waals surface area contributed by atoms with Crippen LogP contribution in [-0.4, -0.2) is 40.4 Å². The second-order valence-corrected chi connectivity index (χ2v) is 7.49. The molecule has 1 aliphatic rings. The van der Waals surface area contributed by atoms with Crippen LogP contribution in [0.2, 0.25) is 0 Å². The molecule has 5 nitrogen and oxygen atoms in total. The van der Waals surface area contributed by atoms with Crippen molar-refractivity contribution >= 4 is 27.7 Å². The van der Waals surface area contributed by atoms with Gasteiger partial charge in [0.1, 0.15) is 11.7 Å². The Balaban J connectivity index is 1.80. The molecule has 3 rings (SSSR count). The van der Waals surface area contributed by atoms with E-state index < -0.39 is 6.04 Å². The number of rotatable bonds is 6. The smallest absolute Gasteiger partial charge is 0.268 e. The second-order valence-electron chi connectivity index (χ2n) is 6.58. The van der Waals surface area contributed by atoms with Gasteiger partial charge in [0.25, 0.3) is 5.91 Å². The zero-order valence-electron chi connectivity index (χ0n) is 15.0. The summed E-state index contributed by atoms with van der Waals surface area (Å²) in [6.07, 6.45) is 4.44. The summed E-state index contributed by atoms with van der Waals surface area (Å²) in [6.45, 7) is 4.23. The van der Waals surface area contributed by atoms with E-state index in [1.807, 2.05) is 52.9 Å². The van der Waals surface area contributed by atoms with Crippen molar-refractivity contribution in [2.45, 2.75) is 38.8 Å². The van der Waals surface area contributed by atoms with Crippen molar-refractivity contribution in [1.82, 2.24) is 14.8 Å². The van der Waals surface area contributed by atoms with Crippen LogP contribution in [-0.2, 0) is 17.8 Å². The van der Waals surface area contributed by atoms with Crippen molar-refractivity contribution in [2.24, 2.45) is 0 Å². The summed E-state index contributed by atoms with van der Waals surface area (Å²) in [5.41, 5.74) is 1.60. The third-order valence-corrected chi connectivity index (χ3v) is 5.17. The van der Waals surface area contributed by atoms with E-state index in [2.05, 4.69) is 21.2 Å². The highest BCUT2D eigenvalue weighted by Crippen LogP contribution is 2.17. The van der Waals surface area contributed by atoms with Gasteiger partial charge in [-0.15, -0.1) is 0 Å². The number of hydrogen-bond acceptors (Lipinski definition) is 2. The Hall–Kier alpha value is -2.08. The average molecular weight is 418 g/mol. The van der Waals surface area contributed by atoms with Crippen LogP contribution in [0.5, 0.6) is 0 Å². The van der Waals surface area contributed by atoms with Crippen LogP contribution in [0.4, 0.5) is 0 Å². The number of amides is 2. The number of benzene rings is 1. The zero-order valence-corrected chi connectivity index (χ0v) is 16.5. The van der Waals surface area contributed by atoms with Crippen LogP contribution in [0.25, 0.3) is 0 Å². The molecule has 1 atom stereocenters. The third kappa shape index (κ3) is 4.36. The Morgan fingerprint density at radius 1 is 1.19 bits per heavy atom. The summed E-state index contributed by atoms with van der Waals surface area (Å²) in [7, 11) is 0. The van der Waals surface area contributed by atoms with Gasteiger partial charge >= 0.3 is 0 Å². The van der Waals surface area contributed by atoms with E-state index >= 15 is 0 Å². The van der Waals surface area contributed by atoms with Gasteiger partial charge in [-0.3, -0.25) is 9.59 Å². The molecule has 1 aromatic heterocycles. The summed E-state index contributed by atoms with van der Waals surface area (Å²) in [4.78, 5) is 27.7. The van der Waals surface area contributed by atoms with Crippen molar-refractivity contribution in [1.29, 1.82) is 0 Å². The molecule has 1 aromatic carbocycles. The third-order valence-electron chi connectivity index (χ3n) is 4.74. The minimum atomic E-state index is -0.554. The lowest BCUT2D eigenvalue weighted by atomic mass is 10.0. The largest absolute Gasteiger partial charge is 0.343 e. The van der Waals surface area contributed by atoms with Crippen LogP contribution >= 0.6 is 15.9 Å². The molecule has 2 heterocycles. The molecule has 0 radical (unpaired) electrons. The predicted molar refractivity (Wildman–Crippen MR) is 105 cm³/mol. The topological polar surface area (TPSA) is 54.3 Å². The Morgan fingerprint density at radius 2 is 1.88 bits per heavy atom. The molecule has 0 spiro atoms. The highest BCUT2D eigenvalue weighted by Gasteiger charge is 2.29. The first kappa shape index (κ1) is 18.7. The zero-order chi connectivity index (χ0) is 18.5. The molecule has 2 amide bonds. The van der Waals surface area contributed by atoms with Gasteiger partial charge in [0.2, 0.25) is 5.91 Å². The van der Waals surface area contributed by atoms with E-state index in [1.54, 1.807) is 6.07 Å². The van der Waals surface area contributed by atoms with Gasteiger partial charge in [0, 0.05) is 36.7 Å². The van der Waals surface area contributed by atoms with Gasteiger partial charge in [0.05, 0.1) is 0 Å². The fourth-order valence-corrected chi connectivity index (χ4v) is 3.83. The number of hydrogen-bond donors (Lipinski definition) is 1. The average Bonchev–Trinajstić information content (AvgIpc) is 3.30. The number of carbonyl (C=O) groups excluding carboxylic acids is 2. The summed E-state index contributed by atoms with van der Waals surface area (Å²) >= 11 is 3.42. The summed E-state index contributed by atoms with van der Waals surface area (Å²) < 4.78 is 2.73. The number of halogens is 1. The number of likely N-dealkylation sites (tertiary alicyclic amines) is 1. The van der Waals surface area contributed by atoms with Crippen molar-refractivity contribution in [3.8, 4) is 0 Å². The first-order valence-corrected chi connectivity index (χ1v) is 9.87. The number of nitrogens with zero attached hydrogens (tertiary/aromatic N) is 2. The fraction of sp³-hybridized carbons (Fsp3) is 0.400. The van der Waals surface area contributed by atoms with Crippen LogP contribution in [0.1, 0.15) is 35.8 Å². The SMILES string of the molecule is CCn1cc(Br)cc1C(=O)NC(Cc1ccccc1)C(=O)N1CCCC1. The first-order chi connectivity index (χ1) is 12.6. The van der Waals surface area contributed by atoms with Gasteiger partial charge in [-0.05, 0) is 47.3 Å². The summed E-state index contributed by atoms with van der Waals surface area (Å²) in [5.74, 6) is -0.209. The monoisotopic (exact) mass is 417 g/mol. The molecule has 0 bridgehead atoms. The molecule has 138 valence electrons. The highest BCUT2D eigenvalue weighted by molar-refractivity contribution is 9.10.